The van der Waals surface area contributed by atoms with Crippen molar-refractivity contribution in [3.63, 3.8) is 0 Å². The van der Waals surface area contributed by atoms with Gasteiger partial charge in [0.25, 0.3) is 33.9 Å². The van der Waals surface area contributed by atoms with Gasteiger partial charge in [-0.15, -0.1) is 0 Å². The predicted octanol–water partition coefficient (Wildman–Crippen LogP) is 6.17. The molecule has 0 bridgehead atoms. The number of hydrogen-bond donors (Lipinski definition) is 4. The average Bonchev–Trinajstić information content (AvgIpc) is 3.24. The molecule has 0 saturated heterocycles. The van der Waals surface area contributed by atoms with Crippen LogP contribution < -0.4 is 18.6 Å². The topological polar surface area (TPSA) is 168 Å². The lowest BCUT2D eigenvalue weighted by molar-refractivity contribution is 0.115. The fourth-order valence-electron chi connectivity index (χ4n) is 5.72. The molecule has 0 radical (unpaired) electrons. The van der Waals surface area contributed by atoms with Gasteiger partial charge in [-0.3, -0.25) is 18.6 Å². The summed E-state index contributed by atoms with van der Waals surface area (Å²) in [4.78, 5) is 0. The van der Waals surface area contributed by atoms with Gasteiger partial charge in [0.05, 0.1) is 0 Å². The minimum Gasteiger partial charge on any atom is -0.407 e. The Morgan fingerprint density at radius 1 is 0.310 bits per heavy atom. The maximum absolute atomic E-state index is 5.93. The van der Waals surface area contributed by atoms with E-state index in [1.54, 1.807) is 85.3 Å². The molecule has 0 aromatic heterocycles. The lowest BCUT2D eigenvalue weighted by Crippen LogP contribution is -2.68. The quantitative estimate of drug-likeness (QED) is 0.0603. The maximum Gasteiger partial charge on any atom is 0.590 e. The molecule has 0 fully saturated rings. The van der Waals surface area contributed by atoms with Crippen molar-refractivity contribution in [2.75, 3.05) is 92.4 Å². The van der Waals surface area contributed by atoms with E-state index in [1.165, 1.54) is 0 Å². The van der Waals surface area contributed by atoms with Crippen molar-refractivity contribution < 1.29 is 57.5 Å². The standard InChI is InChI=1S/C12H31NO3Si2.C9H25NO3Si2.C6H19NO4Si2.C6H19NO3Si2/c1-7-10-17(14-4,11-8-2)13-18(15-5,16-6)12-9-3;1-7-14(8-2,11-4)10-15(9-3,12-5)13-6;1-8-12(5,6)7-13(9-2,10-3)11-4;1-8-11(4,5)7-12(6,9-2)10-3/h13H,7-12H2,1-6H3;10H,7-9H2,1-6H3;7H,1-6H3;7H,1-6H3. The highest BCUT2D eigenvalue weighted by Crippen LogP contribution is 2.23. The van der Waals surface area contributed by atoms with Gasteiger partial charge >= 0.3 is 35.1 Å². The van der Waals surface area contributed by atoms with Crippen LogP contribution in [0.1, 0.15) is 60.8 Å². The highest BCUT2D eigenvalue weighted by atomic mass is 28.5. The Kier molecular flexibility index (Phi) is 38.0. The van der Waals surface area contributed by atoms with Gasteiger partial charge in [-0.25, -0.2) is 0 Å². The third-order valence-electron chi connectivity index (χ3n) is 10.0. The van der Waals surface area contributed by atoms with Crippen LogP contribution in [0, 0.1) is 0 Å². The maximum atomic E-state index is 5.93. The molecular formula is C33H94N4O13Si8. The summed E-state index contributed by atoms with van der Waals surface area (Å²) in [5.41, 5.74) is 0. The van der Waals surface area contributed by atoms with Crippen LogP contribution in [0.15, 0.2) is 0 Å². The van der Waals surface area contributed by atoms with Crippen molar-refractivity contribution >= 4 is 69.0 Å². The van der Waals surface area contributed by atoms with Crippen LogP contribution >= 0.6 is 0 Å². The van der Waals surface area contributed by atoms with E-state index in [9.17, 15) is 0 Å². The molecule has 0 aliphatic rings. The zero-order valence-electron chi connectivity index (χ0n) is 41.7. The molecule has 0 saturated carbocycles. The van der Waals surface area contributed by atoms with Gasteiger partial charge in [-0.1, -0.05) is 60.8 Å². The van der Waals surface area contributed by atoms with E-state index in [0.717, 1.165) is 55.5 Å². The largest absolute Gasteiger partial charge is 0.590 e. The van der Waals surface area contributed by atoms with Crippen molar-refractivity contribution in [1.29, 1.82) is 0 Å². The summed E-state index contributed by atoms with van der Waals surface area (Å²) in [6.07, 6.45) is 3.33. The van der Waals surface area contributed by atoms with Crippen molar-refractivity contribution in [3.05, 3.63) is 0 Å². The molecule has 0 aromatic rings. The van der Waals surface area contributed by atoms with Crippen molar-refractivity contribution in [3.8, 4) is 0 Å². The number of rotatable bonds is 30. The lowest BCUT2D eigenvalue weighted by atomic mass is 10.6. The Hall–Kier alpha value is 1.06. The van der Waals surface area contributed by atoms with Gasteiger partial charge < -0.3 is 57.5 Å². The summed E-state index contributed by atoms with van der Waals surface area (Å²) < 4.78 is 84.9. The van der Waals surface area contributed by atoms with Crippen molar-refractivity contribution in [2.45, 2.75) is 130 Å². The molecule has 0 aromatic carbocycles. The Labute approximate surface area is 365 Å². The normalized spacial score (nSPS) is 13.2. The van der Waals surface area contributed by atoms with Crippen molar-refractivity contribution in [2.24, 2.45) is 0 Å². The molecule has 356 valence electrons. The second-order valence-electron chi connectivity index (χ2n) is 14.5. The molecule has 0 aliphatic carbocycles. The van der Waals surface area contributed by atoms with Gasteiger partial charge in [-0.2, -0.15) is 0 Å². The first-order valence-corrected chi connectivity index (χ1v) is 38.9. The van der Waals surface area contributed by atoms with Gasteiger partial charge in [0.1, 0.15) is 0 Å². The first-order chi connectivity index (χ1) is 27.0. The van der Waals surface area contributed by atoms with Gasteiger partial charge in [0, 0.05) is 105 Å². The van der Waals surface area contributed by atoms with E-state index in [2.05, 4.69) is 73.2 Å². The summed E-state index contributed by atoms with van der Waals surface area (Å²) in [7, 11) is 5.05. The molecule has 0 atom stereocenters. The Bertz CT molecular complexity index is 923. The van der Waals surface area contributed by atoms with E-state index < -0.39 is 69.0 Å². The highest BCUT2D eigenvalue weighted by molar-refractivity contribution is 6.86. The van der Waals surface area contributed by atoms with Crippen LogP contribution in [-0.4, -0.2) is 161 Å². The van der Waals surface area contributed by atoms with Crippen molar-refractivity contribution in [1.82, 2.24) is 18.6 Å². The lowest BCUT2D eigenvalue weighted by Gasteiger charge is -2.38. The Morgan fingerprint density at radius 2 is 0.655 bits per heavy atom. The molecule has 0 spiro atoms. The minimum atomic E-state index is -2.69. The zero-order chi connectivity index (χ0) is 46.4. The van der Waals surface area contributed by atoms with Crippen LogP contribution in [0.2, 0.25) is 69.0 Å². The van der Waals surface area contributed by atoms with E-state index in [0.29, 0.717) is 0 Å². The molecule has 0 heterocycles. The van der Waals surface area contributed by atoms with Crippen LogP contribution in [0.5, 0.6) is 0 Å². The van der Waals surface area contributed by atoms with Gasteiger partial charge in [0.15, 0.2) is 0 Å². The Balaban J connectivity index is -0.000000339. The molecule has 4 N–H and O–H groups in total. The summed E-state index contributed by atoms with van der Waals surface area (Å²) >= 11 is 0. The van der Waals surface area contributed by atoms with E-state index in [1.807, 2.05) is 26.8 Å². The van der Waals surface area contributed by atoms with Crippen LogP contribution in [0.3, 0.4) is 0 Å². The SMILES string of the molecule is CCC[Si](CCC)(N[Si](CCC)(OC)OC)OC.CC[Si](CC)(N[Si](CC)(OC)OC)OC.CO[Si](C)(C)N[Si](C)(OC)OC.CO[Si](C)(C)N[Si](OC)(OC)OC. The Morgan fingerprint density at radius 3 is 0.897 bits per heavy atom. The summed E-state index contributed by atoms with van der Waals surface area (Å²) in [6.45, 7) is 23.1. The number of nitrogens with one attached hydrogen (secondary N) is 4. The van der Waals surface area contributed by atoms with E-state index in [-0.39, 0.29) is 0 Å². The first-order valence-electron chi connectivity index (χ1n) is 20.3. The third kappa shape index (κ3) is 24.8. The minimum absolute atomic E-state index is 0.887. The molecular weight excluding hydrogens is 885 g/mol. The average molecular weight is 980 g/mol. The fraction of sp³-hybridized carbons (Fsp3) is 1.00. The molecule has 58 heavy (non-hydrogen) atoms. The second kappa shape index (κ2) is 33.5. The molecule has 25 heteroatoms. The zero-order valence-corrected chi connectivity index (χ0v) is 49.7. The summed E-state index contributed by atoms with van der Waals surface area (Å²) in [6, 6.07) is 6.14. The van der Waals surface area contributed by atoms with Crippen LogP contribution in [0.4, 0.5) is 0 Å². The van der Waals surface area contributed by atoms with Gasteiger partial charge in [-0.05, 0) is 56.9 Å². The van der Waals surface area contributed by atoms with Gasteiger partial charge in [0.2, 0.25) is 0 Å². The molecule has 0 amide bonds. The summed E-state index contributed by atoms with van der Waals surface area (Å²) in [5.74, 6) is 0. The molecule has 0 unspecified atom stereocenters. The monoisotopic (exact) mass is 978 g/mol. The summed E-state index contributed by atoms with van der Waals surface area (Å²) in [5, 5.41) is 0. The number of hydrogen-bond acceptors (Lipinski definition) is 17. The fourth-order valence-corrected chi connectivity index (χ4v) is 33.5. The molecule has 17 nitrogen and oxygen atoms in total. The smallest absolute Gasteiger partial charge is 0.407 e. The highest BCUT2D eigenvalue weighted by Gasteiger charge is 2.47. The second-order valence-corrected chi connectivity index (χ2v) is 43.4. The van der Waals surface area contributed by atoms with Crippen LogP contribution in [0.25, 0.3) is 0 Å². The van der Waals surface area contributed by atoms with E-state index in [4.69, 9.17) is 57.5 Å². The third-order valence-corrected chi connectivity index (χ3v) is 41.0. The van der Waals surface area contributed by atoms with Crippen LogP contribution in [-0.2, 0) is 57.5 Å². The molecule has 0 rings (SSSR count). The molecule has 0 aliphatic heterocycles. The van der Waals surface area contributed by atoms with E-state index >= 15 is 0 Å². The predicted molar refractivity (Wildman–Crippen MR) is 256 cm³/mol. The first kappa shape index (κ1) is 65.7.